The van der Waals surface area contributed by atoms with Crippen LogP contribution in [-0.2, 0) is 6.42 Å². The first-order valence-corrected chi connectivity index (χ1v) is 6.92. The maximum atomic E-state index is 12.2. The first-order valence-electron chi connectivity index (χ1n) is 5.41. The molecule has 0 bridgehead atoms. The van der Waals surface area contributed by atoms with E-state index in [1.165, 1.54) is 0 Å². The molecule has 0 spiro atoms. The van der Waals surface area contributed by atoms with Crippen molar-refractivity contribution in [1.82, 2.24) is 0 Å². The third kappa shape index (κ3) is 3.24. The molecule has 0 aliphatic heterocycles. The van der Waals surface area contributed by atoms with E-state index in [4.69, 9.17) is 46.4 Å². The van der Waals surface area contributed by atoms with E-state index in [-0.39, 0.29) is 17.2 Å². The number of rotatable bonds is 3. The van der Waals surface area contributed by atoms with E-state index in [1.807, 2.05) is 0 Å². The van der Waals surface area contributed by atoms with Crippen LogP contribution in [0, 0.1) is 0 Å². The van der Waals surface area contributed by atoms with Crippen molar-refractivity contribution in [2.75, 3.05) is 0 Å². The summed E-state index contributed by atoms with van der Waals surface area (Å²) in [6.45, 7) is 0. The van der Waals surface area contributed by atoms with Crippen molar-refractivity contribution in [3.63, 3.8) is 0 Å². The van der Waals surface area contributed by atoms with Crippen molar-refractivity contribution < 1.29 is 4.79 Å². The molecule has 0 heterocycles. The maximum absolute atomic E-state index is 12.2. The summed E-state index contributed by atoms with van der Waals surface area (Å²) in [6.07, 6.45) is 0.0819. The van der Waals surface area contributed by atoms with E-state index in [1.54, 1.807) is 36.4 Å². The molecule has 2 aromatic rings. The number of hydrogen-bond donors (Lipinski definition) is 0. The minimum atomic E-state index is -0.178. The SMILES string of the molecule is O=C(Cc1c(Cl)cccc1Cl)c1cccc(Cl)c1Cl. The molecule has 0 aromatic heterocycles. The molecule has 0 fully saturated rings. The molecule has 0 radical (unpaired) electrons. The zero-order valence-electron chi connectivity index (χ0n) is 9.59. The minimum Gasteiger partial charge on any atom is -0.294 e. The summed E-state index contributed by atoms with van der Waals surface area (Å²) in [5.41, 5.74) is 0.956. The van der Waals surface area contributed by atoms with Gasteiger partial charge in [0.05, 0.1) is 10.0 Å². The van der Waals surface area contributed by atoms with Crippen LogP contribution >= 0.6 is 46.4 Å². The van der Waals surface area contributed by atoms with Gasteiger partial charge in [0.25, 0.3) is 0 Å². The molecule has 1 nitrogen and oxygen atoms in total. The highest BCUT2D eigenvalue weighted by Crippen LogP contribution is 2.29. The fourth-order valence-corrected chi connectivity index (χ4v) is 2.61. The molecule has 0 saturated carbocycles. The topological polar surface area (TPSA) is 17.1 Å². The Bertz CT molecular complexity index is 617. The summed E-state index contributed by atoms with van der Waals surface area (Å²) in [6, 6.07) is 10.0. The van der Waals surface area contributed by atoms with Gasteiger partial charge in [0.2, 0.25) is 0 Å². The van der Waals surface area contributed by atoms with Crippen molar-refractivity contribution in [2.45, 2.75) is 6.42 Å². The highest BCUT2D eigenvalue weighted by atomic mass is 35.5. The molecule has 0 aliphatic carbocycles. The second kappa shape index (κ2) is 6.15. The summed E-state index contributed by atoms with van der Waals surface area (Å²) < 4.78 is 0. The zero-order chi connectivity index (χ0) is 14.0. The van der Waals surface area contributed by atoms with Gasteiger partial charge >= 0.3 is 0 Å². The van der Waals surface area contributed by atoms with Gasteiger partial charge < -0.3 is 0 Å². The number of ketones is 1. The number of carbonyl (C=O) groups is 1. The Labute approximate surface area is 131 Å². The summed E-state index contributed by atoms with van der Waals surface area (Å²) in [5, 5.41) is 1.51. The summed E-state index contributed by atoms with van der Waals surface area (Å²) in [4.78, 5) is 12.2. The van der Waals surface area contributed by atoms with E-state index in [9.17, 15) is 4.79 Å². The van der Waals surface area contributed by atoms with Crippen LogP contribution in [0.5, 0.6) is 0 Å². The Morgan fingerprint density at radius 3 is 2.00 bits per heavy atom. The normalized spacial score (nSPS) is 10.5. The van der Waals surface area contributed by atoms with Crippen molar-refractivity contribution >= 4 is 52.2 Å². The fraction of sp³-hybridized carbons (Fsp3) is 0.0714. The largest absolute Gasteiger partial charge is 0.294 e. The van der Waals surface area contributed by atoms with Crippen LogP contribution in [0.15, 0.2) is 36.4 Å². The lowest BCUT2D eigenvalue weighted by Crippen LogP contribution is -2.05. The molecule has 0 saturated heterocycles. The van der Waals surface area contributed by atoms with Crippen molar-refractivity contribution in [3.05, 3.63) is 67.6 Å². The molecule has 0 aliphatic rings. The highest BCUT2D eigenvalue weighted by Gasteiger charge is 2.16. The summed E-state index contributed by atoms with van der Waals surface area (Å²) in [5.74, 6) is -0.178. The van der Waals surface area contributed by atoms with Gasteiger partial charge in [0, 0.05) is 22.0 Å². The fourth-order valence-electron chi connectivity index (χ4n) is 1.68. The van der Waals surface area contributed by atoms with Crippen LogP contribution in [0.25, 0.3) is 0 Å². The van der Waals surface area contributed by atoms with E-state index >= 15 is 0 Å². The lowest BCUT2D eigenvalue weighted by atomic mass is 10.0. The number of carbonyl (C=O) groups excluding carboxylic acids is 1. The molecular formula is C14H8Cl4O. The Hall–Kier alpha value is -0.730. The van der Waals surface area contributed by atoms with Gasteiger partial charge in [-0.2, -0.15) is 0 Å². The molecule has 0 amide bonds. The predicted octanol–water partition coefficient (Wildman–Crippen LogP) is 5.73. The molecule has 2 rings (SSSR count). The van der Waals surface area contributed by atoms with Gasteiger partial charge in [-0.3, -0.25) is 4.79 Å². The van der Waals surface area contributed by atoms with Gasteiger partial charge in [0.1, 0.15) is 0 Å². The lowest BCUT2D eigenvalue weighted by Gasteiger charge is -2.08. The average Bonchev–Trinajstić information content (AvgIpc) is 2.37. The molecule has 98 valence electrons. The second-order valence-electron chi connectivity index (χ2n) is 3.90. The van der Waals surface area contributed by atoms with E-state index in [0.717, 1.165) is 0 Å². The van der Waals surface area contributed by atoms with Gasteiger partial charge in [-0.1, -0.05) is 58.5 Å². The first kappa shape index (κ1) is 14.7. The number of Topliss-reactive ketones (excluding diaryl/α,β-unsaturated/α-hetero) is 1. The minimum absolute atomic E-state index is 0.0819. The van der Waals surface area contributed by atoms with Gasteiger partial charge in [-0.15, -0.1) is 0 Å². The maximum Gasteiger partial charge on any atom is 0.168 e. The second-order valence-corrected chi connectivity index (χ2v) is 5.50. The zero-order valence-corrected chi connectivity index (χ0v) is 12.6. The number of halogens is 4. The Morgan fingerprint density at radius 2 is 1.37 bits per heavy atom. The summed E-state index contributed by atoms with van der Waals surface area (Å²) >= 11 is 24.0. The van der Waals surface area contributed by atoms with E-state index < -0.39 is 0 Å². The first-order chi connectivity index (χ1) is 9.00. The third-order valence-electron chi connectivity index (χ3n) is 2.65. The lowest BCUT2D eigenvalue weighted by molar-refractivity contribution is 0.0993. The standard InChI is InChI=1S/C14H8Cl4O/c15-10-4-2-5-11(16)9(10)7-13(19)8-3-1-6-12(17)14(8)18/h1-6H,7H2. The van der Waals surface area contributed by atoms with Crippen molar-refractivity contribution in [1.29, 1.82) is 0 Å². The van der Waals surface area contributed by atoms with Gasteiger partial charge in [-0.05, 0) is 29.8 Å². The molecule has 2 aromatic carbocycles. The molecule has 0 N–H and O–H groups in total. The van der Waals surface area contributed by atoms with Crippen LogP contribution in [0.2, 0.25) is 20.1 Å². The average molecular weight is 334 g/mol. The van der Waals surface area contributed by atoms with Gasteiger partial charge in [0.15, 0.2) is 5.78 Å². The quantitative estimate of drug-likeness (QED) is 0.656. The van der Waals surface area contributed by atoms with E-state index in [0.29, 0.717) is 26.2 Å². The van der Waals surface area contributed by atoms with Crippen LogP contribution in [0.4, 0.5) is 0 Å². The molecule has 5 heteroatoms. The highest BCUT2D eigenvalue weighted by molar-refractivity contribution is 6.44. The molecular weight excluding hydrogens is 326 g/mol. The van der Waals surface area contributed by atoms with Crippen molar-refractivity contribution in [2.24, 2.45) is 0 Å². The number of benzene rings is 2. The predicted molar refractivity (Wildman–Crippen MR) is 81.0 cm³/mol. The summed E-state index contributed by atoms with van der Waals surface area (Å²) in [7, 11) is 0. The molecule has 0 unspecified atom stereocenters. The van der Waals surface area contributed by atoms with Crippen LogP contribution in [0.3, 0.4) is 0 Å². The molecule has 19 heavy (non-hydrogen) atoms. The smallest absolute Gasteiger partial charge is 0.168 e. The monoisotopic (exact) mass is 332 g/mol. The molecule has 0 atom stereocenters. The Balaban J connectivity index is 2.34. The van der Waals surface area contributed by atoms with Gasteiger partial charge in [-0.25, -0.2) is 0 Å². The van der Waals surface area contributed by atoms with Crippen LogP contribution < -0.4 is 0 Å². The van der Waals surface area contributed by atoms with Crippen LogP contribution in [-0.4, -0.2) is 5.78 Å². The Kier molecular flexibility index (Phi) is 4.75. The Morgan fingerprint density at radius 1 is 0.842 bits per heavy atom. The van der Waals surface area contributed by atoms with Crippen molar-refractivity contribution in [3.8, 4) is 0 Å². The van der Waals surface area contributed by atoms with E-state index in [2.05, 4.69) is 0 Å². The third-order valence-corrected chi connectivity index (χ3v) is 4.18. The van der Waals surface area contributed by atoms with Crippen LogP contribution in [0.1, 0.15) is 15.9 Å². The number of hydrogen-bond acceptors (Lipinski definition) is 1.